The van der Waals surface area contributed by atoms with Crippen LogP contribution in [0.25, 0.3) is 0 Å². The minimum absolute atomic E-state index is 0.0581. The molecule has 0 aliphatic heterocycles. The Bertz CT molecular complexity index is 110. The second-order valence-electron chi connectivity index (χ2n) is 3.02. The van der Waals surface area contributed by atoms with Gasteiger partial charge in [0.25, 0.3) is 0 Å². The Labute approximate surface area is 95.9 Å². The average Bonchev–Trinajstić information content (AvgIpc) is 2.20. The van der Waals surface area contributed by atoms with E-state index in [1.807, 2.05) is 11.8 Å². The molecule has 0 heterocycles. The fourth-order valence-electron chi connectivity index (χ4n) is 0.977. The molecule has 1 N–H and O–H groups in total. The smallest absolute Gasteiger partial charge is 0.0451 e. The van der Waals surface area contributed by atoms with E-state index in [2.05, 4.69) is 19.2 Å². The standard InChI is InChI=1S/C9H19Cl2NS/c1-3-9(7-10,8-11)12-5-6-13-4-2/h12H,3-8H2,1-2H3. The van der Waals surface area contributed by atoms with Gasteiger partial charge < -0.3 is 5.32 Å². The molecular formula is C9H19Cl2NS. The lowest BCUT2D eigenvalue weighted by Crippen LogP contribution is -2.49. The zero-order valence-electron chi connectivity index (χ0n) is 8.41. The maximum absolute atomic E-state index is 5.88. The molecule has 0 radical (unpaired) electrons. The molecule has 0 spiro atoms. The van der Waals surface area contributed by atoms with Gasteiger partial charge in [0.05, 0.1) is 0 Å². The molecule has 0 aliphatic carbocycles. The molecule has 0 aliphatic rings. The Balaban J connectivity index is 3.68. The van der Waals surface area contributed by atoms with Crippen molar-refractivity contribution in [3.05, 3.63) is 0 Å². The first-order valence-corrected chi connectivity index (χ1v) is 6.91. The van der Waals surface area contributed by atoms with Gasteiger partial charge in [0.15, 0.2) is 0 Å². The van der Waals surface area contributed by atoms with Crippen LogP contribution in [0, 0.1) is 0 Å². The third kappa shape index (κ3) is 5.36. The minimum atomic E-state index is -0.0581. The highest BCUT2D eigenvalue weighted by atomic mass is 35.5. The number of hydrogen-bond acceptors (Lipinski definition) is 2. The van der Waals surface area contributed by atoms with Crippen molar-refractivity contribution in [1.82, 2.24) is 5.32 Å². The topological polar surface area (TPSA) is 12.0 Å². The molecule has 0 atom stereocenters. The lowest BCUT2D eigenvalue weighted by Gasteiger charge is -2.29. The number of nitrogens with one attached hydrogen (secondary N) is 1. The molecule has 13 heavy (non-hydrogen) atoms. The molecule has 0 aromatic heterocycles. The van der Waals surface area contributed by atoms with Gasteiger partial charge in [0.2, 0.25) is 0 Å². The Kier molecular flexibility index (Phi) is 8.78. The summed E-state index contributed by atoms with van der Waals surface area (Å²) in [6, 6.07) is 0. The van der Waals surface area contributed by atoms with Crippen LogP contribution in [0.3, 0.4) is 0 Å². The number of halogens is 2. The molecule has 0 fully saturated rings. The number of rotatable bonds is 8. The lowest BCUT2D eigenvalue weighted by atomic mass is 10.0. The molecule has 0 rings (SSSR count). The molecule has 4 heteroatoms. The van der Waals surface area contributed by atoms with Crippen LogP contribution in [-0.2, 0) is 0 Å². The summed E-state index contributed by atoms with van der Waals surface area (Å²) < 4.78 is 0. The SMILES string of the molecule is CCSCCNC(CC)(CCl)CCl. The fourth-order valence-corrected chi connectivity index (χ4v) is 2.36. The van der Waals surface area contributed by atoms with E-state index in [9.17, 15) is 0 Å². The van der Waals surface area contributed by atoms with Crippen LogP contribution >= 0.6 is 35.0 Å². The van der Waals surface area contributed by atoms with E-state index < -0.39 is 0 Å². The number of alkyl halides is 2. The summed E-state index contributed by atoms with van der Waals surface area (Å²) in [4.78, 5) is 0. The lowest BCUT2D eigenvalue weighted by molar-refractivity contribution is 0.399. The first kappa shape index (κ1) is 13.9. The second-order valence-corrected chi connectivity index (χ2v) is 4.95. The summed E-state index contributed by atoms with van der Waals surface area (Å²) in [6.07, 6.45) is 0.983. The highest BCUT2D eigenvalue weighted by molar-refractivity contribution is 7.99. The van der Waals surface area contributed by atoms with Crippen LogP contribution in [0.2, 0.25) is 0 Å². The van der Waals surface area contributed by atoms with E-state index in [4.69, 9.17) is 23.2 Å². The second kappa shape index (κ2) is 8.22. The number of hydrogen-bond donors (Lipinski definition) is 1. The van der Waals surface area contributed by atoms with E-state index in [0.717, 1.165) is 18.7 Å². The first-order chi connectivity index (χ1) is 6.24. The van der Waals surface area contributed by atoms with Gasteiger partial charge in [0, 0.05) is 29.6 Å². The Morgan fingerprint density at radius 1 is 1.23 bits per heavy atom. The molecular weight excluding hydrogens is 225 g/mol. The Morgan fingerprint density at radius 2 is 1.85 bits per heavy atom. The molecule has 0 aromatic rings. The average molecular weight is 244 g/mol. The van der Waals surface area contributed by atoms with E-state index >= 15 is 0 Å². The van der Waals surface area contributed by atoms with Crippen molar-refractivity contribution in [1.29, 1.82) is 0 Å². The van der Waals surface area contributed by atoms with Crippen molar-refractivity contribution in [2.75, 3.05) is 29.8 Å². The maximum atomic E-state index is 5.88. The molecule has 0 saturated heterocycles. The van der Waals surface area contributed by atoms with Gasteiger partial charge in [-0.15, -0.1) is 23.2 Å². The zero-order valence-corrected chi connectivity index (χ0v) is 10.7. The number of thioether (sulfide) groups is 1. The fraction of sp³-hybridized carbons (Fsp3) is 1.00. The van der Waals surface area contributed by atoms with Crippen LogP contribution in [0.15, 0.2) is 0 Å². The van der Waals surface area contributed by atoms with Gasteiger partial charge in [-0.05, 0) is 12.2 Å². The van der Waals surface area contributed by atoms with Crippen molar-refractivity contribution in [3.8, 4) is 0 Å². The molecule has 1 nitrogen and oxygen atoms in total. The quantitative estimate of drug-likeness (QED) is 0.520. The van der Waals surface area contributed by atoms with Gasteiger partial charge in [-0.3, -0.25) is 0 Å². The summed E-state index contributed by atoms with van der Waals surface area (Å²) >= 11 is 13.7. The highest BCUT2D eigenvalue weighted by Gasteiger charge is 2.24. The van der Waals surface area contributed by atoms with E-state index in [-0.39, 0.29) is 5.54 Å². The summed E-state index contributed by atoms with van der Waals surface area (Å²) in [5, 5.41) is 3.43. The third-order valence-corrected chi connectivity index (χ3v) is 4.06. The van der Waals surface area contributed by atoms with Crippen molar-refractivity contribution >= 4 is 35.0 Å². The van der Waals surface area contributed by atoms with Crippen molar-refractivity contribution < 1.29 is 0 Å². The van der Waals surface area contributed by atoms with Gasteiger partial charge in [0.1, 0.15) is 0 Å². The largest absolute Gasteiger partial charge is 0.308 e. The first-order valence-electron chi connectivity index (χ1n) is 4.69. The Hall–Kier alpha value is 0.890. The van der Waals surface area contributed by atoms with Gasteiger partial charge in [-0.2, -0.15) is 11.8 Å². The zero-order chi connectivity index (χ0) is 10.2. The summed E-state index contributed by atoms with van der Waals surface area (Å²) in [5.74, 6) is 3.47. The van der Waals surface area contributed by atoms with Crippen LogP contribution in [0.4, 0.5) is 0 Å². The van der Waals surface area contributed by atoms with E-state index in [0.29, 0.717) is 11.8 Å². The molecule has 0 bridgehead atoms. The Morgan fingerprint density at radius 3 is 2.23 bits per heavy atom. The van der Waals surface area contributed by atoms with E-state index in [1.54, 1.807) is 0 Å². The van der Waals surface area contributed by atoms with Crippen molar-refractivity contribution in [2.45, 2.75) is 25.8 Å². The highest BCUT2D eigenvalue weighted by Crippen LogP contribution is 2.14. The third-order valence-electron chi connectivity index (χ3n) is 2.14. The predicted octanol–water partition coefficient (Wildman–Crippen LogP) is 2.96. The molecule has 0 saturated carbocycles. The summed E-state index contributed by atoms with van der Waals surface area (Å²) in [6.45, 7) is 5.28. The van der Waals surface area contributed by atoms with Crippen molar-refractivity contribution in [3.63, 3.8) is 0 Å². The van der Waals surface area contributed by atoms with E-state index in [1.165, 1.54) is 5.75 Å². The maximum Gasteiger partial charge on any atom is 0.0451 e. The summed E-state index contributed by atoms with van der Waals surface area (Å²) in [5.41, 5.74) is -0.0581. The monoisotopic (exact) mass is 243 g/mol. The van der Waals surface area contributed by atoms with Crippen LogP contribution in [0.5, 0.6) is 0 Å². The minimum Gasteiger partial charge on any atom is -0.308 e. The molecule has 0 amide bonds. The van der Waals surface area contributed by atoms with Crippen LogP contribution < -0.4 is 5.32 Å². The van der Waals surface area contributed by atoms with Gasteiger partial charge in [-0.1, -0.05) is 13.8 Å². The molecule has 0 unspecified atom stereocenters. The summed E-state index contributed by atoms with van der Waals surface area (Å²) in [7, 11) is 0. The molecule has 80 valence electrons. The van der Waals surface area contributed by atoms with Crippen molar-refractivity contribution in [2.24, 2.45) is 0 Å². The van der Waals surface area contributed by atoms with Crippen LogP contribution in [0.1, 0.15) is 20.3 Å². The van der Waals surface area contributed by atoms with Gasteiger partial charge >= 0.3 is 0 Å². The van der Waals surface area contributed by atoms with Crippen LogP contribution in [-0.4, -0.2) is 35.3 Å². The normalized spacial score (nSPS) is 12.0. The van der Waals surface area contributed by atoms with Gasteiger partial charge in [-0.25, -0.2) is 0 Å². The molecule has 0 aromatic carbocycles. The predicted molar refractivity (Wildman–Crippen MR) is 65.5 cm³/mol.